The molecule has 2 aromatic carbocycles. The number of hydrogen-bond donors (Lipinski definition) is 2. The van der Waals surface area contributed by atoms with E-state index in [2.05, 4.69) is 10.3 Å². The molecule has 0 aliphatic carbocycles. The molecular formula is C20H18N2O4. The van der Waals surface area contributed by atoms with E-state index in [1.54, 1.807) is 37.8 Å². The number of nitrogens with zero attached hydrogens (tertiary/aromatic N) is 1. The van der Waals surface area contributed by atoms with Gasteiger partial charge in [0.1, 0.15) is 17.2 Å². The molecule has 0 atom stereocenters. The van der Waals surface area contributed by atoms with Crippen molar-refractivity contribution in [2.75, 3.05) is 19.0 Å². The number of fused-ring (bicyclic) bond motifs is 1. The maximum Gasteiger partial charge on any atom is 0.181 e. The highest BCUT2D eigenvalue weighted by Gasteiger charge is 2.14. The van der Waals surface area contributed by atoms with Crippen molar-refractivity contribution in [2.45, 2.75) is 6.42 Å². The summed E-state index contributed by atoms with van der Waals surface area (Å²) in [6.45, 7) is 0.625. The summed E-state index contributed by atoms with van der Waals surface area (Å²) < 4.78 is 16.4. The summed E-state index contributed by atoms with van der Waals surface area (Å²) in [4.78, 5) is 3.94. The zero-order valence-corrected chi connectivity index (χ0v) is 14.2. The maximum atomic E-state index is 9.63. The molecule has 0 saturated carbocycles. The Morgan fingerprint density at radius 1 is 1.23 bits per heavy atom. The van der Waals surface area contributed by atoms with E-state index in [4.69, 9.17) is 13.9 Å². The van der Waals surface area contributed by atoms with Crippen LogP contribution >= 0.6 is 0 Å². The molecule has 1 aliphatic rings. The standard InChI is InChI=1S/C20H18N2O4/c1-24-19-8-15(2-4-17(19)20-10-21-12-26-20)22-9-13-6-14-7-16(23)3-5-18(14)25-11-13/h2-5,7-8,10-12,22-23H,6,9H2,1H3. The highest BCUT2D eigenvalue weighted by molar-refractivity contribution is 5.69. The quantitative estimate of drug-likeness (QED) is 0.725. The van der Waals surface area contributed by atoms with Crippen LogP contribution in [0.3, 0.4) is 0 Å². The summed E-state index contributed by atoms with van der Waals surface area (Å²) in [6.07, 6.45) is 5.53. The first-order valence-electron chi connectivity index (χ1n) is 8.20. The number of oxazole rings is 1. The number of anilines is 1. The summed E-state index contributed by atoms with van der Waals surface area (Å²) in [5, 5.41) is 13.0. The summed E-state index contributed by atoms with van der Waals surface area (Å²) >= 11 is 0. The third kappa shape index (κ3) is 3.21. The van der Waals surface area contributed by atoms with Gasteiger partial charge in [0.05, 0.1) is 25.1 Å². The van der Waals surface area contributed by atoms with Crippen molar-refractivity contribution in [3.63, 3.8) is 0 Å². The second kappa shape index (κ2) is 6.84. The summed E-state index contributed by atoms with van der Waals surface area (Å²) in [7, 11) is 1.62. The predicted octanol–water partition coefficient (Wildman–Crippen LogP) is 3.99. The zero-order chi connectivity index (χ0) is 17.9. The zero-order valence-electron chi connectivity index (χ0n) is 14.2. The number of hydrogen-bond acceptors (Lipinski definition) is 6. The van der Waals surface area contributed by atoms with Gasteiger partial charge in [-0.15, -0.1) is 0 Å². The lowest BCUT2D eigenvalue weighted by atomic mass is 10.0. The molecule has 4 rings (SSSR count). The van der Waals surface area contributed by atoms with E-state index in [1.165, 1.54) is 6.39 Å². The third-order valence-corrected chi connectivity index (χ3v) is 4.23. The van der Waals surface area contributed by atoms with Crippen molar-refractivity contribution in [3.8, 4) is 28.6 Å². The number of rotatable bonds is 5. The Hall–Kier alpha value is -3.41. The van der Waals surface area contributed by atoms with E-state index in [0.29, 0.717) is 18.1 Å². The first kappa shape index (κ1) is 16.1. The van der Waals surface area contributed by atoms with Gasteiger partial charge in [-0.05, 0) is 35.9 Å². The van der Waals surface area contributed by atoms with E-state index in [9.17, 15) is 5.11 Å². The maximum absolute atomic E-state index is 9.63. The highest BCUT2D eigenvalue weighted by atomic mass is 16.5. The van der Waals surface area contributed by atoms with Gasteiger partial charge in [0, 0.05) is 30.3 Å². The Labute approximate surface area is 150 Å². The topological polar surface area (TPSA) is 76.8 Å². The monoisotopic (exact) mass is 350 g/mol. The minimum absolute atomic E-state index is 0.245. The van der Waals surface area contributed by atoms with Crippen LogP contribution < -0.4 is 14.8 Å². The van der Waals surface area contributed by atoms with Gasteiger partial charge >= 0.3 is 0 Å². The molecule has 0 bridgehead atoms. The normalized spacial score (nSPS) is 12.7. The third-order valence-electron chi connectivity index (χ3n) is 4.23. The van der Waals surface area contributed by atoms with Crippen molar-refractivity contribution in [3.05, 3.63) is 66.4 Å². The highest BCUT2D eigenvalue weighted by Crippen LogP contribution is 2.33. The van der Waals surface area contributed by atoms with Gasteiger partial charge in [0.15, 0.2) is 12.2 Å². The fourth-order valence-electron chi connectivity index (χ4n) is 2.93. The molecule has 1 aliphatic heterocycles. The molecule has 0 fully saturated rings. The largest absolute Gasteiger partial charge is 0.508 e. The van der Waals surface area contributed by atoms with Crippen LogP contribution in [0.4, 0.5) is 5.69 Å². The first-order valence-corrected chi connectivity index (χ1v) is 8.20. The molecule has 6 heteroatoms. The SMILES string of the molecule is COc1cc(NCC2=COc3ccc(O)cc3C2)ccc1-c1cnco1. The number of methoxy groups -OCH3 is 1. The molecule has 3 aromatic rings. The second-order valence-electron chi connectivity index (χ2n) is 6.00. The molecule has 6 nitrogen and oxygen atoms in total. The van der Waals surface area contributed by atoms with Crippen LogP contribution in [0.25, 0.3) is 11.3 Å². The molecule has 1 aromatic heterocycles. The molecule has 2 heterocycles. The Morgan fingerprint density at radius 3 is 2.96 bits per heavy atom. The lowest BCUT2D eigenvalue weighted by Gasteiger charge is -2.18. The van der Waals surface area contributed by atoms with Crippen molar-refractivity contribution in [2.24, 2.45) is 0 Å². The number of benzene rings is 2. The summed E-state index contributed by atoms with van der Waals surface area (Å²) in [5.74, 6) is 2.39. The van der Waals surface area contributed by atoms with Crippen molar-refractivity contribution >= 4 is 5.69 Å². The fraction of sp³-hybridized carbons (Fsp3) is 0.150. The van der Waals surface area contributed by atoms with Crippen LogP contribution in [0.2, 0.25) is 0 Å². The molecule has 0 saturated heterocycles. The number of ether oxygens (including phenoxy) is 2. The van der Waals surface area contributed by atoms with Gasteiger partial charge in [-0.25, -0.2) is 4.98 Å². The van der Waals surface area contributed by atoms with E-state index < -0.39 is 0 Å². The van der Waals surface area contributed by atoms with Gasteiger partial charge in [0.2, 0.25) is 0 Å². The fourth-order valence-corrected chi connectivity index (χ4v) is 2.93. The van der Waals surface area contributed by atoms with Gasteiger partial charge in [0.25, 0.3) is 0 Å². The molecule has 0 spiro atoms. The lowest BCUT2D eigenvalue weighted by Crippen LogP contribution is -2.12. The van der Waals surface area contributed by atoms with Crippen LogP contribution in [0.1, 0.15) is 5.56 Å². The van der Waals surface area contributed by atoms with E-state index in [-0.39, 0.29) is 5.75 Å². The van der Waals surface area contributed by atoms with Crippen LogP contribution in [-0.2, 0) is 6.42 Å². The minimum atomic E-state index is 0.245. The Balaban J connectivity index is 1.46. The smallest absolute Gasteiger partial charge is 0.181 e. The van der Waals surface area contributed by atoms with E-state index in [1.807, 2.05) is 18.2 Å². The van der Waals surface area contributed by atoms with Gasteiger partial charge in [-0.1, -0.05) is 0 Å². The second-order valence-corrected chi connectivity index (χ2v) is 6.00. The molecule has 2 N–H and O–H groups in total. The number of aromatic hydroxyl groups is 1. The Kier molecular flexibility index (Phi) is 4.23. The van der Waals surface area contributed by atoms with Crippen molar-refractivity contribution in [1.29, 1.82) is 0 Å². The minimum Gasteiger partial charge on any atom is -0.508 e. The van der Waals surface area contributed by atoms with Gasteiger partial charge in [-0.3, -0.25) is 0 Å². The Bertz CT molecular complexity index is 948. The van der Waals surface area contributed by atoms with Crippen LogP contribution in [0.5, 0.6) is 17.2 Å². The molecule has 132 valence electrons. The average molecular weight is 350 g/mol. The van der Waals surface area contributed by atoms with Crippen molar-refractivity contribution < 1.29 is 19.0 Å². The first-order chi connectivity index (χ1) is 12.7. The molecule has 0 radical (unpaired) electrons. The number of phenolic OH excluding ortho intramolecular Hbond substituents is 1. The van der Waals surface area contributed by atoms with E-state index in [0.717, 1.165) is 34.6 Å². The molecule has 0 unspecified atom stereocenters. The molecule has 0 amide bonds. The van der Waals surface area contributed by atoms with Crippen molar-refractivity contribution in [1.82, 2.24) is 4.98 Å². The number of aromatic nitrogens is 1. The summed E-state index contributed by atoms with van der Waals surface area (Å²) in [5.41, 5.74) is 3.83. The summed E-state index contributed by atoms with van der Waals surface area (Å²) in [6, 6.07) is 10.9. The lowest BCUT2D eigenvalue weighted by molar-refractivity contribution is 0.415. The number of nitrogens with one attached hydrogen (secondary N) is 1. The Morgan fingerprint density at radius 2 is 2.15 bits per heavy atom. The average Bonchev–Trinajstić information content (AvgIpc) is 3.20. The van der Waals surface area contributed by atoms with Gasteiger partial charge in [-0.2, -0.15) is 0 Å². The number of phenols is 1. The van der Waals surface area contributed by atoms with Gasteiger partial charge < -0.3 is 24.3 Å². The molecular weight excluding hydrogens is 332 g/mol. The van der Waals surface area contributed by atoms with Crippen LogP contribution in [0, 0.1) is 0 Å². The predicted molar refractivity (Wildman–Crippen MR) is 97.5 cm³/mol. The molecule has 26 heavy (non-hydrogen) atoms. The van der Waals surface area contributed by atoms with Crippen LogP contribution in [-0.4, -0.2) is 23.7 Å². The van der Waals surface area contributed by atoms with Crippen LogP contribution in [0.15, 0.2) is 65.2 Å². The van der Waals surface area contributed by atoms with E-state index >= 15 is 0 Å².